The van der Waals surface area contributed by atoms with E-state index >= 15 is 0 Å². The van der Waals surface area contributed by atoms with Gasteiger partial charge >= 0.3 is 5.97 Å². The minimum Gasteiger partial charge on any atom is -0.459 e. The van der Waals surface area contributed by atoms with Crippen LogP contribution in [0.2, 0.25) is 0 Å². The first-order valence-electron chi connectivity index (χ1n) is 8.08. The standard InChI is InChI=1S/C18H22N2O2/c1-17(2,3)22-16(21)18(8-9-18)15-13-7-5-4-6-12(13)14-10-19-11-20(14)15/h5,7,10-11,15H,4,6,8-9H2,1-3H3. The van der Waals surface area contributed by atoms with Gasteiger partial charge in [0.05, 0.1) is 29.7 Å². The average Bonchev–Trinajstić information content (AvgIpc) is 2.99. The Balaban J connectivity index is 1.75. The van der Waals surface area contributed by atoms with Crippen molar-refractivity contribution < 1.29 is 9.53 Å². The van der Waals surface area contributed by atoms with Crippen LogP contribution in [0.5, 0.6) is 0 Å². The van der Waals surface area contributed by atoms with E-state index in [1.54, 1.807) is 0 Å². The topological polar surface area (TPSA) is 44.1 Å². The lowest BCUT2D eigenvalue weighted by atomic mass is 9.86. The van der Waals surface area contributed by atoms with Crippen LogP contribution in [0.1, 0.15) is 58.2 Å². The molecule has 1 atom stereocenters. The molecule has 0 spiro atoms. The van der Waals surface area contributed by atoms with Crippen LogP contribution < -0.4 is 0 Å². The summed E-state index contributed by atoms with van der Waals surface area (Å²) in [5, 5.41) is 0. The summed E-state index contributed by atoms with van der Waals surface area (Å²) >= 11 is 0. The second-order valence-corrected chi connectivity index (χ2v) is 7.62. The molecular formula is C18H22N2O2. The minimum absolute atomic E-state index is 0.0580. The largest absolute Gasteiger partial charge is 0.459 e. The van der Waals surface area contributed by atoms with E-state index in [0.29, 0.717) is 0 Å². The molecule has 1 aromatic heterocycles. The Morgan fingerprint density at radius 2 is 2.18 bits per heavy atom. The third-order valence-corrected chi connectivity index (χ3v) is 4.87. The highest BCUT2D eigenvalue weighted by molar-refractivity contribution is 5.85. The number of fused-ring (bicyclic) bond motifs is 2. The summed E-state index contributed by atoms with van der Waals surface area (Å²) in [5.74, 6) is -0.0580. The maximum atomic E-state index is 12.8. The molecule has 0 bridgehead atoms. The monoisotopic (exact) mass is 298 g/mol. The zero-order chi connectivity index (χ0) is 15.5. The van der Waals surface area contributed by atoms with Gasteiger partial charge in [-0.2, -0.15) is 0 Å². The summed E-state index contributed by atoms with van der Waals surface area (Å²) in [6, 6.07) is 0.0615. The van der Waals surface area contributed by atoms with E-state index in [2.05, 4.69) is 21.7 Å². The summed E-state index contributed by atoms with van der Waals surface area (Å²) in [4.78, 5) is 17.1. The number of esters is 1. The number of hydrogen-bond donors (Lipinski definition) is 0. The Morgan fingerprint density at radius 1 is 1.41 bits per heavy atom. The molecule has 1 saturated carbocycles. The van der Waals surface area contributed by atoms with Crippen molar-refractivity contribution in [1.29, 1.82) is 0 Å². The van der Waals surface area contributed by atoms with Gasteiger partial charge in [-0.1, -0.05) is 12.2 Å². The smallest absolute Gasteiger partial charge is 0.315 e. The second-order valence-electron chi connectivity index (χ2n) is 7.62. The predicted octanol–water partition coefficient (Wildman–Crippen LogP) is 3.66. The summed E-state index contributed by atoms with van der Waals surface area (Å²) in [7, 11) is 0. The Morgan fingerprint density at radius 3 is 2.86 bits per heavy atom. The van der Waals surface area contributed by atoms with Crippen molar-refractivity contribution in [2.75, 3.05) is 0 Å². The van der Waals surface area contributed by atoms with E-state index in [1.807, 2.05) is 33.3 Å². The van der Waals surface area contributed by atoms with Crippen molar-refractivity contribution in [1.82, 2.24) is 9.55 Å². The molecule has 0 saturated heterocycles. The molecule has 22 heavy (non-hydrogen) atoms. The number of imidazole rings is 1. The Hall–Kier alpha value is -1.84. The third-order valence-electron chi connectivity index (χ3n) is 4.87. The van der Waals surface area contributed by atoms with Gasteiger partial charge in [0.15, 0.2) is 0 Å². The average molecular weight is 298 g/mol. The van der Waals surface area contributed by atoms with E-state index in [4.69, 9.17) is 4.74 Å². The summed E-state index contributed by atoms with van der Waals surface area (Å²) < 4.78 is 7.92. The molecule has 1 aliphatic heterocycles. The molecule has 3 aliphatic rings. The molecule has 0 amide bonds. The fraction of sp³-hybridized carbons (Fsp3) is 0.556. The first kappa shape index (κ1) is 13.8. The van der Waals surface area contributed by atoms with Crippen LogP contribution >= 0.6 is 0 Å². The lowest BCUT2D eigenvalue weighted by molar-refractivity contribution is -0.163. The van der Waals surface area contributed by atoms with Gasteiger partial charge in [0.1, 0.15) is 5.60 Å². The Kier molecular flexibility index (Phi) is 2.72. The molecule has 2 heterocycles. The number of nitrogens with zero attached hydrogens (tertiary/aromatic N) is 2. The van der Waals surface area contributed by atoms with Crippen LogP contribution in [0.4, 0.5) is 0 Å². The number of carbonyl (C=O) groups excluding carboxylic acids is 1. The Labute approximate surface area is 130 Å². The van der Waals surface area contributed by atoms with Crippen molar-refractivity contribution >= 4 is 11.5 Å². The van der Waals surface area contributed by atoms with E-state index in [-0.39, 0.29) is 12.0 Å². The zero-order valence-electron chi connectivity index (χ0n) is 13.4. The third kappa shape index (κ3) is 1.89. The minimum atomic E-state index is -0.442. The molecule has 4 rings (SSSR count). The number of rotatable bonds is 2. The number of hydrogen-bond acceptors (Lipinski definition) is 3. The van der Waals surface area contributed by atoms with Gasteiger partial charge < -0.3 is 9.30 Å². The molecule has 1 fully saturated rings. The van der Waals surface area contributed by atoms with Crippen molar-refractivity contribution in [3.63, 3.8) is 0 Å². The van der Waals surface area contributed by atoms with E-state index < -0.39 is 11.0 Å². The normalized spacial score (nSPS) is 25.0. The Bertz CT molecular complexity index is 699. The van der Waals surface area contributed by atoms with E-state index in [1.165, 1.54) is 16.8 Å². The van der Waals surface area contributed by atoms with Crippen LogP contribution in [-0.2, 0) is 9.53 Å². The van der Waals surface area contributed by atoms with Crippen LogP contribution in [0, 0.1) is 5.41 Å². The molecule has 1 unspecified atom stereocenters. The van der Waals surface area contributed by atoms with Crippen molar-refractivity contribution in [2.24, 2.45) is 5.41 Å². The number of aromatic nitrogens is 2. The van der Waals surface area contributed by atoms with Gasteiger partial charge in [0.2, 0.25) is 0 Å². The van der Waals surface area contributed by atoms with Gasteiger partial charge in [0, 0.05) is 0 Å². The quantitative estimate of drug-likeness (QED) is 0.783. The van der Waals surface area contributed by atoms with Crippen LogP contribution in [0.3, 0.4) is 0 Å². The van der Waals surface area contributed by atoms with Gasteiger partial charge in [-0.3, -0.25) is 4.79 Å². The van der Waals surface area contributed by atoms with Gasteiger partial charge in [-0.15, -0.1) is 0 Å². The first-order valence-corrected chi connectivity index (χ1v) is 8.08. The molecule has 0 radical (unpaired) electrons. The van der Waals surface area contributed by atoms with E-state index in [9.17, 15) is 4.79 Å². The zero-order valence-corrected chi connectivity index (χ0v) is 13.4. The summed E-state index contributed by atoms with van der Waals surface area (Å²) in [5.41, 5.74) is 3.00. The molecule has 0 aromatic carbocycles. The van der Waals surface area contributed by atoms with Gasteiger partial charge in [-0.25, -0.2) is 4.98 Å². The van der Waals surface area contributed by atoms with Crippen molar-refractivity contribution in [3.8, 4) is 0 Å². The number of carbonyl (C=O) groups is 1. The molecule has 2 aliphatic carbocycles. The SMILES string of the molecule is CC(C)(C)OC(=O)C1(C2C3=C(CCC=C3)c3cncn32)CC1. The highest BCUT2D eigenvalue weighted by Crippen LogP contribution is 2.62. The van der Waals surface area contributed by atoms with Crippen LogP contribution in [0.15, 0.2) is 30.2 Å². The van der Waals surface area contributed by atoms with Crippen molar-refractivity contribution in [2.45, 2.75) is 58.1 Å². The van der Waals surface area contributed by atoms with Crippen LogP contribution in [-0.4, -0.2) is 21.1 Å². The lowest BCUT2D eigenvalue weighted by Gasteiger charge is -2.29. The van der Waals surface area contributed by atoms with E-state index in [0.717, 1.165) is 25.7 Å². The molecule has 1 aromatic rings. The molecular weight excluding hydrogens is 276 g/mol. The van der Waals surface area contributed by atoms with Gasteiger partial charge in [0.25, 0.3) is 0 Å². The molecule has 0 N–H and O–H groups in total. The highest BCUT2D eigenvalue weighted by Gasteiger charge is 2.61. The summed E-state index contributed by atoms with van der Waals surface area (Å²) in [6.07, 6.45) is 12.1. The number of ether oxygens (including phenoxy) is 1. The maximum absolute atomic E-state index is 12.8. The molecule has 4 nitrogen and oxygen atoms in total. The molecule has 4 heteroatoms. The first-order chi connectivity index (χ1) is 10.4. The van der Waals surface area contributed by atoms with Crippen molar-refractivity contribution in [3.05, 3.63) is 35.9 Å². The van der Waals surface area contributed by atoms with Gasteiger partial charge in [-0.05, 0) is 57.6 Å². The lowest BCUT2D eigenvalue weighted by Crippen LogP contribution is -2.34. The summed E-state index contributed by atoms with van der Waals surface area (Å²) in [6.45, 7) is 5.80. The predicted molar refractivity (Wildman–Crippen MR) is 84.1 cm³/mol. The second kappa shape index (κ2) is 4.34. The van der Waals surface area contributed by atoms with Crippen LogP contribution in [0.25, 0.3) is 5.57 Å². The molecule has 116 valence electrons. The maximum Gasteiger partial charge on any atom is 0.315 e. The number of allylic oxidation sites excluding steroid dienone is 4. The fourth-order valence-electron chi connectivity index (χ4n) is 3.78. The fourth-order valence-corrected chi connectivity index (χ4v) is 3.78. The highest BCUT2D eigenvalue weighted by atomic mass is 16.6.